The summed E-state index contributed by atoms with van der Waals surface area (Å²) in [7, 11) is 0. The zero-order valence-electron chi connectivity index (χ0n) is 17.2. The van der Waals surface area contributed by atoms with E-state index in [1.807, 2.05) is 0 Å². The molecule has 0 saturated heterocycles. The van der Waals surface area contributed by atoms with Gasteiger partial charge in [-0.2, -0.15) is 17.6 Å². The summed E-state index contributed by atoms with van der Waals surface area (Å²) in [5.41, 5.74) is 0. The molecule has 0 fully saturated rings. The van der Waals surface area contributed by atoms with Gasteiger partial charge in [0.05, 0.1) is 0 Å². The van der Waals surface area contributed by atoms with Crippen molar-refractivity contribution in [3.8, 4) is 0 Å². The minimum Gasteiger partial charge on any atom is -0.167 e. The van der Waals surface area contributed by atoms with Gasteiger partial charge in [-0.1, -0.05) is 110 Å². The van der Waals surface area contributed by atoms with E-state index in [1.165, 1.54) is 96.3 Å². The number of halogens is 7. The molecule has 0 N–H and O–H groups in total. The Balaban J connectivity index is 0. The smallest absolute Gasteiger partial charge is 0.167 e. The molecule has 0 aromatic carbocycles. The van der Waals surface area contributed by atoms with Crippen molar-refractivity contribution in [2.24, 2.45) is 0 Å². The molecule has 0 radical (unpaired) electrons. The Morgan fingerprint density at radius 3 is 0.964 bits per heavy atom. The van der Waals surface area contributed by atoms with Gasteiger partial charge >= 0.3 is 18.2 Å². The quantitative estimate of drug-likeness (QED) is 0.0828. The molecule has 0 aromatic heterocycles. The third-order valence-corrected chi connectivity index (χ3v) is 7.08. The fourth-order valence-corrected chi connectivity index (χ4v) is 4.73. The Morgan fingerprint density at radius 2 is 0.750 bits per heavy atom. The summed E-state index contributed by atoms with van der Waals surface area (Å²) in [6, 6.07) is -1.52. The molecule has 0 saturated carbocycles. The van der Waals surface area contributed by atoms with Crippen molar-refractivity contribution in [2.75, 3.05) is 0 Å². The van der Waals surface area contributed by atoms with E-state index in [-0.39, 0.29) is 0 Å². The molecule has 0 heterocycles. The highest BCUT2D eigenvalue weighted by atomic mass is 35.8. The Bertz CT molecular complexity index is 346. The van der Waals surface area contributed by atoms with E-state index in [9.17, 15) is 17.6 Å². The second kappa shape index (κ2) is 22.2. The van der Waals surface area contributed by atoms with Gasteiger partial charge in [-0.3, -0.25) is 0 Å². The Hall–Kier alpha value is 0.547. The van der Waals surface area contributed by atoms with Crippen molar-refractivity contribution in [1.29, 1.82) is 0 Å². The molecule has 8 heteroatoms. The normalized spacial score (nSPS) is 11.1. The highest BCUT2D eigenvalue weighted by Crippen LogP contribution is 2.27. The minimum absolute atomic E-state index is 0.829. The van der Waals surface area contributed by atoms with E-state index >= 15 is 0 Å². The Kier molecular flexibility index (Phi) is 24.4. The van der Waals surface area contributed by atoms with Gasteiger partial charge < -0.3 is 0 Å². The SMILES string of the molecule is CCCCCCCCCCCCCCCCCC[Si](Cl)(Cl)Cl.FC(F)=C(F)F. The molecule has 0 atom stereocenters. The fraction of sp³-hybridized carbons (Fsp3) is 0.900. The number of hydrogen-bond donors (Lipinski definition) is 0. The molecule has 0 spiro atoms. The highest BCUT2D eigenvalue weighted by Gasteiger charge is 2.23. The van der Waals surface area contributed by atoms with Gasteiger partial charge in [0.25, 0.3) is 0 Å². The molecule has 0 aliphatic carbocycles. The van der Waals surface area contributed by atoms with Crippen molar-refractivity contribution in [2.45, 2.75) is 116 Å². The average Bonchev–Trinajstić information content (AvgIpc) is 2.61. The molecule has 170 valence electrons. The third kappa shape index (κ3) is 31.2. The fourth-order valence-electron chi connectivity index (χ4n) is 2.87. The maximum Gasteiger partial charge on any atom is 0.341 e. The highest BCUT2D eigenvalue weighted by molar-refractivity contribution is 7.64. The number of unbranched alkanes of at least 4 members (excludes halogenated alkanes) is 15. The molecule has 0 rings (SSSR count). The van der Waals surface area contributed by atoms with Crippen LogP contribution in [0.25, 0.3) is 0 Å². The Morgan fingerprint density at radius 1 is 0.500 bits per heavy atom. The first-order valence-electron chi connectivity index (χ1n) is 10.6. The lowest BCUT2D eigenvalue weighted by Gasteiger charge is -2.07. The molecule has 0 bridgehead atoms. The van der Waals surface area contributed by atoms with Crippen LogP contribution in [0.5, 0.6) is 0 Å². The molecule has 0 aliphatic heterocycles. The van der Waals surface area contributed by atoms with E-state index < -0.39 is 18.2 Å². The average molecular weight is 488 g/mol. The molecular weight excluding hydrogens is 451 g/mol. The van der Waals surface area contributed by atoms with Crippen molar-refractivity contribution in [3.63, 3.8) is 0 Å². The van der Waals surface area contributed by atoms with Crippen LogP contribution in [-0.4, -0.2) is 6.00 Å². The lowest BCUT2D eigenvalue weighted by atomic mass is 10.0. The predicted octanol–water partition coefficient (Wildman–Crippen LogP) is 10.9. The Labute approximate surface area is 184 Å². The van der Waals surface area contributed by atoms with Gasteiger partial charge in [-0.05, 0) is 6.04 Å². The maximum absolute atomic E-state index is 10.3. The van der Waals surface area contributed by atoms with Gasteiger partial charge in [-0.15, -0.1) is 33.2 Å². The summed E-state index contributed by atoms with van der Waals surface area (Å²) in [6.07, 6.45) is 16.3. The lowest BCUT2D eigenvalue weighted by Crippen LogP contribution is -2.07. The van der Waals surface area contributed by atoms with Crippen molar-refractivity contribution >= 4 is 39.2 Å². The van der Waals surface area contributed by atoms with E-state index in [0.29, 0.717) is 0 Å². The second-order valence-electron chi connectivity index (χ2n) is 7.19. The standard InChI is InChI=1S/C18H37Cl3Si.C2F4/c1-2-3-4-5-6-7-8-9-10-11-12-13-14-15-16-17-18-22(19,20)21;3-1(4)2(5)6/h2-18H2,1H3;. The van der Waals surface area contributed by atoms with Gasteiger partial charge in [0.15, 0.2) is 0 Å². The van der Waals surface area contributed by atoms with Crippen LogP contribution < -0.4 is 0 Å². The van der Waals surface area contributed by atoms with Crippen LogP contribution in [0, 0.1) is 0 Å². The number of hydrogen-bond acceptors (Lipinski definition) is 0. The molecule has 0 aromatic rings. The van der Waals surface area contributed by atoms with E-state index in [2.05, 4.69) is 6.92 Å². The molecular formula is C20H37Cl3F4Si. The molecule has 0 unspecified atom stereocenters. The van der Waals surface area contributed by atoms with Crippen molar-refractivity contribution < 1.29 is 17.6 Å². The van der Waals surface area contributed by atoms with E-state index in [4.69, 9.17) is 33.2 Å². The van der Waals surface area contributed by atoms with Crippen molar-refractivity contribution in [3.05, 3.63) is 12.2 Å². The predicted molar refractivity (Wildman–Crippen MR) is 119 cm³/mol. The monoisotopic (exact) mass is 486 g/mol. The molecule has 0 nitrogen and oxygen atoms in total. The summed E-state index contributed by atoms with van der Waals surface area (Å²) in [4.78, 5) is 0. The first-order chi connectivity index (χ1) is 13.2. The first kappa shape index (κ1) is 30.7. The summed E-state index contributed by atoms with van der Waals surface area (Å²) >= 11 is 17.6. The third-order valence-electron chi connectivity index (χ3n) is 4.46. The topological polar surface area (TPSA) is 0 Å². The van der Waals surface area contributed by atoms with E-state index in [0.717, 1.165) is 12.5 Å². The lowest BCUT2D eigenvalue weighted by molar-refractivity contribution is 0.308. The van der Waals surface area contributed by atoms with E-state index in [1.54, 1.807) is 0 Å². The summed E-state index contributed by atoms with van der Waals surface area (Å²) in [5.74, 6) is 0. The zero-order valence-corrected chi connectivity index (χ0v) is 20.4. The summed E-state index contributed by atoms with van der Waals surface area (Å²) in [5, 5.41) is 0. The van der Waals surface area contributed by atoms with Crippen LogP contribution in [-0.2, 0) is 0 Å². The van der Waals surface area contributed by atoms with Crippen LogP contribution in [0.4, 0.5) is 17.6 Å². The maximum atomic E-state index is 10.3. The largest absolute Gasteiger partial charge is 0.341 e. The molecule has 28 heavy (non-hydrogen) atoms. The van der Waals surface area contributed by atoms with Crippen molar-refractivity contribution in [1.82, 2.24) is 0 Å². The zero-order chi connectivity index (χ0) is 21.7. The number of rotatable bonds is 17. The van der Waals surface area contributed by atoms with Crippen LogP contribution in [0.15, 0.2) is 12.2 Å². The van der Waals surface area contributed by atoms with Gasteiger partial charge in [0.2, 0.25) is 0 Å². The van der Waals surface area contributed by atoms with Gasteiger partial charge in [-0.25, -0.2) is 0 Å². The van der Waals surface area contributed by atoms with Gasteiger partial charge in [0.1, 0.15) is 0 Å². The summed E-state index contributed by atoms with van der Waals surface area (Å²) < 4.78 is 41.1. The van der Waals surface area contributed by atoms with Crippen LogP contribution in [0.1, 0.15) is 110 Å². The van der Waals surface area contributed by atoms with Crippen LogP contribution in [0.2, 0.25) is 6.04 Å². The van der Waals surface area contributed by atoms with Crippen LogP contribution in [0.3, 0.4) is 0 Å². The molecule has 0 amide bonds. The first-order valence-corrected chi connectivity index (χ1v) is 15.9. The minimum atomic E-state index is -2.91. The second-order valence-corrected chi connectivity index (χ2v) is 16.5. The molecule has 0 aliphatic rings. The summed E-state index contributed by atoms with van der Waals surface area (Å²) in [6.45, 7) is 2.28. The van der Waals surface area contributed by atoms with Gasteiger partial charge in [0, 0.05) is 0 Å². The van der Waals surface area contributed by atoms with Crippen LogP contribution >= 0.6 is 33.2 Å².